The van der Waals surface area contributed by atoms with E-state index in [9.17, 15) is 14.4 Å². The van der Waals surface area contributed by atoms with Crippen molar-refractivity contribution in [3.05, 3.63) is 101 Å². The number of benzene rings is 3. The minimum atomic E-state index is -2.80. The minimum absolute atomic E-state index is 0.213. The van der Waals surface area contributed by atoms with Crippen molar-refractivity contribution < 1.29 is 32.1 Å². The van der Waals surface area contributed by atoms with E-state index < -0.39 is 25.2 Å². The summed E-state index contributed by atoms with van der Waals surface area (Å²) < 4.78 is 24.5. The van der Waals surface area contributed by atoms with Gasteiger partial charge in [0.15, 0.2) is 16.6 Å². The van der Waals surface area contributed by atoms with E-state index in [1.54, 1.807) is 72.8 Å². The van der Waals surface area contributed by atoms with Crippen LogP contribution >= 0.6 is 0 Å². The summed E-state index contributed by atoms with van der Waals surface area (Å²) in [6, 6.07) is 20.8. The van der Waals surface area contributed by atoms with E-state index in [1.165, 1.54) is 0 Å². The quantitative estimate of drug-likeness (QED) is 0.0313. The Bertz CT molecular complexity index is 2100. The molecule has 0 bridgehead atoms. The molecule has 14 nitrogen and oxygen atoms in total. The highest BCUT2D eigenvalue weighted by atomic mass is 28.5. The van der Waals surface area contributed by atoms with Gasteiger partial charge in [-0.1, -0.05) is 72.8 Å². The maximum atomic E-state index is 13.4. The number of hydrogen-bond acceptors (Lipinski definition) is 13. The third-order valence-electron chi connectivity index (χ3n) is 10.9. The zero-order valence-corrected chi connectivity index (χ0v) is 44.8. The first-order valence-electron chi connectivity index (χ1n) is 23.8. The molecule has 4 aromatic rings. The molecule has 4 N–H and O–H groups in total. The Hall–Kier alpha value is -5.21. The Morgan fingerprint density at radius 3 is 1.21 bits per heavy atom. The van der Waals surface area contributed by atoms with E-state index in [2.05, 4.69) is 110 Å². The summed E-state index contributed by atoms with van der Waals surface area (Å²) in [6.07, 6.45) is 8.42. The zero-order valence-electron chi connectivity index (χ0n) is 41.8. The van der Waals surface area contributed by atoms with Crippen molar-refractivity contribution in [2.45, 2.75) is 125 Å². The van der Waals surface area contributed by atoms with Gasteiger partial charge in [0, 0.05) is 29.2 Å². The van der Waals surface area contributed by atoms with Gasteiger partial charge >= 0.3 is 20.5 Å². The smallest absolute Gasteiger partial charge is 0.345 e. The first-order chi connectivity index (χ1) is 31.7. The molecule has 1 heterocycles. The van der Waals surface area contributed by atoms with E-state index in [-0.39, 0.29) is 42.2 Å². The fourth-order valence-electron chi connectivity index (χ4n) is 7.15. The van der Waals surface area contributed by atoms with E-state index in [1.807, 2.05) is 6.55 Å². The zero-order chi connectivity index (χ0) is 49.2. The molecule has 0 spiro atoms. The number of nitrogens with one attached hydrogen (secondary N) is 4. The van der Waals surface area contributed by atoms with Crippen molar-refractivity contribution in [1.82, 2.24) is 20.3 Å². The molecule has 17 heteroatoms. The third-order valence-corrected chi connectivity index (χ3v) is 20.4. The van der Waals surface area contributed by atoms with Gasteiger partial charge in [0.1, 0.15) is 0 Å². The van der Waals surface area contributed by atoms with Gasteiger partial charge in [0.25, 0.3) is 5.91 Å². The molecule has 67 heavy (non-hydrogen) atoms. The molecule has 0 radical (unpaired) electrons. The molecule has 2 atom stereocenters. The van der Waals surface area contributed by atoms with Crippen LogP contribution in [0, 0.1) is 11.8 Å². The molecule has 0 aliphatic heterocycles. The predicted molar refractivity (Wildman–Crippen MR) is 278 cm³/mol. The largest absolute Gasteiger partial charge is 0.462 e. The van der Waals surface area contributed by atoms with Gasteiger partial charge in [-0.2, -0.15) is 15.0 Å². The SMILES string of the molecule is C=C(CNC(=O)c1ccc(Nc2nc(Nc3ccc(C(=O)OCC(CC)CCCC)cc3)nc(Nc3ccc(C(=O)OCC(CC)CCCC)cc3)n2)cc1)[Si](C)(O[Si](C)(C)C)O[Si](C)(C)C. The van der Waals surface area contributed by atoms with Gasteiger partial charge in [0.2, 0.25) is 17.8 Å². The number of aromatic nitrogens is 3. The molecule has 0 aliphatic rings. The molecular weight excluding hydrogens is 895 g/mol. The number of hydrogen-bond donors (Lipinski definition) is 4. The number of amides is 1. The molecule has 0 saturated heterocycles. The maximum absolute atomic E-state index is 13.4. The van der Waals surface area contributed by atoms with Crippen LogP contribution in [-0.4, -0.2) is 77.8 Å². The Morgan fingerprint density at radius 2 is 0.896 bits per heavy atom. The fraction of sp³-hybridized carbons (Fsp3) is 0.480. The Kier molecular flexibility index (Phi) is 20.9. The van der Waals surface area contributed by atoms with Crippen LogP contribution in [0.25, 0.3) is 0 Å². The van der Waals surface area contributed by atoms with Gasteiger partial charge in [-0.05, 0) is 148 Å². The van der Waals surface area contributed by atoms with Crippen LogP contribution in [-0.2, 0) is 17.7 Å². The second-order valence-corrected chi connectivity index (χ2v) is 31.8. The van der Waals surface area contributed by atoms with Gasteiger partial charge in [-0.15, -0.1) is 0 Å². The standard InChI is InChI=1S/C50H75N7O7Si3/c1-13-17-19-37(15-3)34-61-46(59)40-23-29-43(30-24-40)53-49-55-48(56-50(57-49)54-44-31-25-41(26-32-44)47(60)62-35-38(16-4)20-18-14-2)52-42-27-21-39(22-28-42)45(58)51-33-36(5)67(12,63-65(6,7)8)64-66(9,10)11/h21-32,37-38H,5,13-20,33-35H2,1-4,6-12H3,(H,51,58)(H3,52,53,54,55,56,57). The lowest BCUT2D eigenvalue weighted by Gasteiger charge is -2.39. The maximum Gasteiger partial charge on any atom is 0.345 e. The molecule has 0 fully saturated rings. The van der Waals surface area contributed by atoms with Crippen molar-refractivity contribution in [1.29, 1.82) is 0 Å². The first-order valence-corrected chi connectivity index (χ1v) is 32.9. The first kappa shape index (κ1) is 54.4. The van der Waals surface area contributed by atoms with Crippen LogP contribution in [0.2, 0.25) is 45.8 Å². The Labute approximate surface area is 402 Å². The number of nitrogens with zero attached hydrogens (tertiary/aromatic N) is 3. The summed E-state index contributed by atoms with van der Waals surface area (Å²) in [4.78, 5) is 53.1. The summed E-state index contributed by atoms with van der Waals surface area (Å²) in [5.41, 5.74) is 3.25. The predicted octanol–water partition coefficient (Wildman–Crippen LogP) is 12.4. The Morgan fingerprint density at radius 1 is 0.552 bits per heavy atom. The highest BCUT2D eigenvalue weighted by molar-refractivity contribution is 6.91. The molecular formula is C50H75N7O7Si3. The highest BCUT2D eigenvalue weighted by Crippen LogP contribution is 2.27. The molecule has 1 aromatic heterocycles. The average molecular weight is 970 g/mol. The van der Waals surface area contributed by atoms with Crippen molar-refractivity contribution in [3.63, 3.8) is 0 Å². The number of ether oxygens (including phenoxy) is 2. The van der Waals surface area contributed by atoms with Crippen LogP contribution in [0.1, 0.15) is 110 Å². The lowest BCUT2D eigenvalue weighted by Crippen LogP contribution is -2.55. The molecule has 1 amide bonds. The summed E-state index contributed by atoms with van der Waals surface area (Å²) in [5, 5.41) is 13.5. The monoisotopic (exact) mass is 970 g/mol. The molecule has 4 rings (SSSR count). The van der Waals surface area contributed by atoms with Crippen LogP contribution in [0.5, 0.6) is 0 Å². The van der Waals surface area contributed by atoms with Crippen molar-refractivity contribution >= 4 is 77.9 Å². The second-order valence-electron chi connectivity index (χ2n) is 19.1. The van der Waals surface area contributed by atoms with Crippen molar-refractivity contribution in [2.75, 3.05) is 35.7 Å². The molecule has 364 valence electrons. The van der Waals surface area contributed by atoms with E-state index in [0.29, 0.717) is 58.8 Å². The molecule has 0 aliphatic carbocycles. The van der Waals surface area contributed by atoms with Crippen LogP contribution < -0.4 is 21.3 Å². The summed E-state index contributed by atoms with van der Waals surface area (Å²) in [5.74, 6) is 0.343. The van der Waals surface area contributed by atoms with Crippen LogP contribution in [0.3, 0.4) is 0 Å². The molecule has 3 aromatic carbocycles. The fourth-order valence-corrected chi connectivity index (χ4v) is 18.6. The van der Waals surface area contributed by atoms with Gasteiger partial charge < -0.3 is 39.0 Å². The normalized spacial score (nSPS) is 12.7. The molecule has 0 saturated carbocycles. The summed E-state index contributed by atoms with van der Waals surface area (Å²) in [6.45, 7) is 28.7. The lowest BCUT2D eigenvalue weighted by atomic mass is 10.0. The highest BCUT2D eigenvalue weighted by Gasteiger charge is 2.43. The summed E-state index contributed by atoms with van der Waals surface area (Å²) >= 11 is 0. The number of carbonyl (C=O) groups is 3. The average Bonchev–Trinajstić information content (AvgIpc) is 3.27. The number of carbonyl (C=O) groups excluding carboxylic acids is 3. The van der Waals surface area contributed by atoms with Gasteiger partial charge in [0.05, 0.1) is 24.3 Å². The topological polar surface area (TPSA) is 175 Å². The van der Waals surface area contributed by atoms with E-state index >= 15 is 0 Å². The number of rotatable bonds is 28. The van der Waals surface area contributed by atoms with Crippen molar-refractivity contribution in [3.8, 4) is 0 Å². The van der Waals surface area contributed by atoms with Crippen LogP contribution in [0.4, 0.5) is 34.9 Å². The van der Waals surface area contributed by atoms with E-state index in [0.717, 1.165) is 56.6 Å². The van der Waals surface area contributed by atoms with Gasteiger partial charge in [-0.25, -0.2) is 9.59 Å². The van der Waals surface area contributed by atoms with Crippen LogP contribution in [0.15, 0.2) is 84.6 Å². The second kappa shape index (κ2) is 25.8. The minimum Gasteiger partial charge on any atom is -0.462 e. The number of esters is 2. The van der Waals surface area contributed by atoms with Crippen molar-refractivity contribution in [2.24, 2.45) is 11.8 Å². The number of unbranched alkanes of at least 4 members (excludes halogenated alkanes) is 2. The lowest BCUT2D eigenvalue weighted by molar-refractivity contribution is 0.0419. The molecule has 2 unspecified atom stereocenters. The number of anilines is 6. The van der Waals surface area contributed by atoms with Gasteiger partial charge in [-0.3, -0.25) is 4.79 Å². The summed E-state index contributed by atoms with van der Waals surface area (Å²) in [7, 11) is -6.74. The van der Waals surface area contributed by atoms with E-state index in [4.69, 9.17) is 17.7 Å². The third kappa shape index (κ3) is 18.8. The Balaban J connectivity index is 1.51.